The summed E-state index contributed by atoms with van der Waals surface area (Å²) < 4.78 is 1.05. The number of anilines is 1. The zero-order valence-electron chi connectivity index (χ0n) is 10.1. The first-order valence-corrected chi connectivity index (χ1v) is 6.85. The Bertz CT molecular complexity index is 395. The van der Waals surface area contributed by atoms with Crippen LogP contribution in [0.15, 0.2) is 22.7 Å². The van der Waals surface area contributed by atoms with Crippen LogP contribution < -0.4 is 10.6 Å². The highest BCUT2D eigenvalue weighted by Crippen LogP contribution is 2.28. The predicted molar refractivity (Wildman–Crippen MR) is 74.2 cm³/mol. The summed E-state index contributed by atoms with van der Waals surface area (Å²) in [5.41, 5.74) is 8.15. The smallest absolute Gasteiger partial charge is 0.0715 e. The fraction of sp³-hybridized carbons (Fsp3) is 0.538. The number of aliphatic hydroxyl groups excluding tert-OH is 1. The van der Waals surface area contributed by atoms with Gasteiger partial charge in [0.1, 0.15) is 0 Å². The van der Waals surface area contributed by atoms with Gasteiger partial charge in [-0.3, -0.25) is 0 Å². The standard InChI is InChI=1S/C13H19BrN2O/c1-9(15)12-5-4-10(7-13(12)14)16-6-2-3-11(17)8-16/h4-5,7,9,11,17H,2-3,6,8,15H2,1H3/t9-,11?/m0/s1. The molecule has 3 nitrogen and oxygen atoms in total. The van der Waals surface area contributed by atoms with E-state index >= 15 is 0 Å². The number of piperidine rings is 1. The summed E-state index contributed by atoms with van der Waals surface area (Å²) in [7, 11) is 0. The minimum absolute atomic E-state index is 0.0328. The van der Waals surface area contributed by atoms with E-state index in [0.717, 1.165) is 41.7 Å². The molecule has 1 aromatic rings. The fourth-order valence-corrected chi connectivity index (χ4v) is 3.00. The van der Waals surface area contributed by atoms with Crippen molar-refractivity contribution in [1.29, 1.82) is 0 Å². The van der Waals surface area contributed by atoms with Gasteiger partial charge in [0.2, 0.25) is 0 Å². The van der Waals surface area contributed by atoms with Crippen molar-refractivity contribution in [1.82, 2.24) is 0 Å². The average Bonchev–Trinajstić information content (AvgIpc) is 2.28. The molecule has 1 aliphatic heterocycles. The van der Waals surface area contributed by atoms with Crippen molar-refractivity contribution in [2.75, 3.05) is 18.0 Å². The summed E-state index contributed by atoms with van der Waals surface area (Å²) in [6, 6.07) is 6.27. The van der Waals surface area contributed by atoms with Gasteiger partial charge in [0.15, 0.2) is 0 Å². The largest absolute Gasteiger partial charge is 0.391 e. The minimum Gasteiger partial charge on any atom is -0.391 e. The van der Waals surface area contributed by atoms with Crippen LogP contribution in [0.5, 0.6) is 0 Å². The highest BCUT2D eigenvalue weighted by Gasteiger charge is 2.18. The van der Waals surface area contributed by atoms with Gasteiger partial charge in [-0.2, -0.15) is 0 Å². The lowest BCUT2D eigenvalue weighted by atomic mass is 10.1. The van der Waals surface area contributed by atoms with E-state index in [4.69, 9.17) is 5.73 Å². The molecule has 2 atom stereocenters. The topological polar surface area (TPSA) is 49.5 Å². The molecule has 1 aromatic carbocycles. The summed E-state index contributed by atoms with van der Waals surface area (Å²) in [5, 5.41) is 9.68. The second-order valence-corrected chi connectivity index (χ2v) is 5.59. The van der Waals surface area contributed by atoms with E-state index < -0.39 is 0 Å². The Balaban J connectivity index is 2.19. The molecule has 2 rings (SSSR count). The van der Waals surface area contributed by atoms with Gasteiger partial charge >= 0.3 is 0 Å². The van der Waals surface area contributed by atoms with E-state index in [1.54, 1.807) is 0 Å². The Morgan fingerprint density at radius 2 is 2.29 bits per heavy atom. The monoisotopic (exact) mass is 298 g/mol. The molecule has 1 unspecified atom stereocenters. The number of hydrogen-bond donors (Lipinski definition) is 2. The maximum atomic E-state index is 9.68. The van der Waals surface area contributed by atoms with Crippen LogP contribution in [0, 0.1) is 0 Å². The molecule has 17 heavy (non-hydrogen) atoms. The molecule has 1 heterocycles. The molecule has 0 aliphatic carbocycles. The maximum absolute atomic E-state index is 9.68. The van der Waals surface area contributed by atoms with Crippen LogP contribution in [0.2, 0.25) is 0 Å². The third kappa shape index (κ3) is 3.00. The van der Waals surface area contributed by atoms with Crippen LogP contribution in [0.25, 0.3) is 0 Å². The molecule has 0 amide bonds. The van der Waals surface area contributed by atoms with Crippen LogP contribution in [0.4, 0.5) is 5.69 Å². The van der Waals surface area contributed by atoms with Crippen LogP contribution in [-0.2, 0) is 0 Å². The summed E-state index contributed by atoms with van der Waals surface area (Å²) in [5.74, 6) is 0. The fourth-order valence-electron chi connectivity index (χ4n) is 2.27. The molecular formula is C13H19BrN2O. The quantitative estimate of drug-likeness (QED) is 0.882. The van der Waals surface area contributed by atoms with Gasteiger partial charge in [0.25, 0.3) is 0 Å². The van der Waals surface area contributed by atoms with Gasteiger partial charge in [0, 0.05) is 29.3 Å². The highest BCUT2D eigenvalue weighted by molar-refractivity contribution is 9.10. The number of nitrogens with two attached hydrogens (primary N) is 1. The molecule has 94 valence electrons. The molecule has 0 aromatic heterocycles. The Morgan fingerprint density at radius 3 is 2.88 bits per heavy atom. The SMILES string of the molecule is C[C@H](N)c1ccc(N2CCCC(O)C2)cc1Br. The molecular weight excluding hydrogens is 280 g/mol. The molecule has 1 aliphatic rings. The Hall–Kier alpha value is -0.580. The van der Waals surface area contributed by atoms with E-state index in [0.29, 0.717) is 0 Å². The number of aliphatic hydroxyl groups is 1. The lowest BCUT2D eigenvalue weighted by molar-refractivity contribution is 0.154. The molecule has 3 N–H and O–H groups in total. The van der Waals surface area contributed by atoms with Gasteiger partial charge in [-0.15, -0.1) is 0 Å². The Labute approximate surface area is 111 Å². The van der Waals surface area contributed by atoms with Crippen LogP contribution in [0.1, 0.15) is 31.4 Å². The van der Waals surface area contributed by atoms with E-state index in [-0.39, 0.29) is 12.1 Å². The van der Waals surface area contributed by atoms with Crippen molar-refractivity contribution in [2.45, 2.75) is 31.9 Å². The van der Waals surface area contributed by atoms with Crippen molar-refractivity contribution in [3.8, 4) is 0 Å². The van der Waals surface area contributed by atoms with Gasteiger partial charge in [-0.05, 0) is 37.5 Å². The molecule has 0 radical (unpaired) electrons. The average molecular weight is 299 g/mol. The van der Waals surface area contributed by atoms with Gasteiger partial charge in [-0.25, -0.2) is 0 Å². The summed E-state index contributed by atoms with van der Waals surface area (Å²) in [6.07, 6.45) is 1.76. The second-order valence-electron chi connectivity index (χ2n) is 4.74. The third-order valence-corrected chi connectivity index (χ3v) is 3.92. The maximum Gasteiger partial charge on any atom is 0.0715 e. The van der Waals surface area contributed by atoms with E-state index in [1.807, 2.05) is 6.92 Å². The number of β-amino-alcohol motifs (C(OH)–C–C–N with tert-alkyl or cyclic N) is 1. The molecule has 0 saturated carbocycles. The summed E-state index contributed by atoms with van der Waals surface area (Å²) in [6.45, 7) is 3.72. The normalized spacial score (nSPS) is 22.6. The first-order valence-electron chi connectivity index (χ1n) is 6.06. The van der Waals surface area contributed by atoms with Crippen molar-refractivity contribution in [2.24, 2.45) is 5.73 Å². The first-order chi connectivity index (χ1) is 8.08. The van der Waals surface area contributed by atoms with Crippen LogP contribution in [-0.4, -0.2) is 24.3 Å². The third-order valence-electron chi connectivity index (χ3n) is 3.24. The highest BCUT2D eigenvalue weighted by atomic mass is 79.9. The summed E-state index contributed by atoms with van der Waals surface area (Å²) in [4.78, 5) is 2.23. The van der Waals surface area contributed by atoms with Gasteiger partial charge in [-0.1, -0.05) is 22.0 Å². The van der Waals surface area contributed by atoms with Crippen molar-refractivity contribution >= 4 is 21.6 Å². The van der Waals surface area contributed by atoms with Crippen LogP contribution in [0.3, 0.4) is 0 Å². The lowest BCUT2D eigenvalue weighted by Crippen LogP contribution is -2.38. The summed E-state index contributed by atoms with van der Waals surface area (Å²) >= 11 is 3.56. The van der Waals surface area contributed by atoms with E-state index in [1.165, 1.54) is 0 Å². The van der Waals surface area contributed by atoms with Crippen molar-refractivity contribution in [3.05, 3.63) is 28.2 Å². The van der Waals surface area contributed by atoms with E-state index in [9.17, 15) is 5.11 Å². The zero-order valence-corrected chi connectivity index (χ0v) is 11.7. The van der Waals surface area contributed by atoms with Gasteiger partial charge in [0.05, 0.1) is 6.10 Å². The number of benzene rings is 1. The Morgan fingerprint density at radius 1 is 1.53 bits per heavy atom. The predicted octanol–water partition coefficient (Wildman–Crippen LogP) is 2.43. The van der Waals surface area contributed by atoms with Crippen molar-refractivity contribution in [3.63, 3.8) is 0 Å². The Kier molecular flexibility index (Phi) is 4.07. The lowest BCUT2D eigenvalue weighted by Gasteiger charge is -2.32. The minimum atomic E-state index is -0.198. The van der Waals surface area contributed by atoms with Crippen LogP contribution >= 0.6 is 15.9 Å². The van der Waals surface area contributed by atoms with Gasteiger partial charge < -0.3 is 15.7 Å². The zero-order chi connectivity index (χ0) is 12.4. The van der Waals surface area contributed by atoms with Crippen molar-refractivity contribution < 1.29 is 5.11 Å². The number of hydrogen-bond acceptors (Lipinski definition) is 3. The first kappa shape index (κ1) is 12.9. The molecule has 1 fully saturated rings. The van der Waals surface area contributed by atoms with E-state index in [2.05, 4.69) is 39.0 Å². The molecule has 0 spiro atoms. The number of halogens is 1. The molecule has 4 heteroatoms. The molecule has 1 saturated heterocycles. The second kappa shape index (κ2) is 5.38. The number of nitrogens with zero attached hydrogens (tertiary/aromatic N) is 1. The molecule has 0 bridgehead atoms. The number of rotatable bonds is 2.